The molecule has 8 nitrogen and oxygen atoms in total. The largest absolute Gasteiger partial charge is 0.497 e. The van der Waals surface area contributed by atoms with E-state index in [1.165, 1.54) is 28.8 Å². The highest BCUT2D eigenvalue weighted by Gasteiger charge is 2.40. The average Bonchev–Trinajstić information content (AvgIpc) is 3.56. The lowest BCUT2D eigenvalue weighted by Gasteiger charge is -2.25. The monoisotopic (exact) mass is 566 g/mol. The second-order valence-electron chi connectivity index (χ2n) is 11.1. The number of ether oxygens (including phenoxy) is 2. The van der Waals surface area contributed by atoms with Crippen LogP contribution in [0.2, 0.25) is 0 Å². The second-order valence-corrected chi connectivity index (χ2v) is 12.2. The summed E-state index contributed by atoms with van der Waals surface area (Å²) in [5, 5.41) is 7.63. The molecule has 1 saturated heterocycles. The third-order valence-electron chi connectivity index (χ3n) is 7.12. The highest BCUT2D eigenvalue weighted by atomic mass is 32.2. The Labute approximate surface area is 238 Å². The van der Waals surface area contributed by atoms with E-state index in [1.807, 2.05) is 30.3 Å². The third-order valence-corrected chi connectivity index (χ3v) is 8.38. The van der Waals surface area contributed by atoms with E-state index in [4.69, 9.17) is 14.6 Å². The summed E-state index contributed by atoms with van der Waals surface area (Å²) in [6, 6.07) is 13.9. The van der Waals surface area contributed by atoms with Crippen molar-refractivity contribution in [2.45, 2.75) is 50.4 Å². The number of thioether (sulfide) groups is 1. The minimum atomic E-state index is -0.408. The van der Waals surface area contributed by atoms with Crippen LogP contribution in [0.15, 0.2) is 48.5 Å². The maximum atomic E-state index is 14.4. The molecule has 2 amide bonds. The number of carbonyl (C=O) groups is 2. The van der Waals surface area contributed by atoms with Gasteiger partial charge >= 0.3 is 0 Å². The van der Waals surface area contributed by atoms with E-state index in [9.17, 15) is 14.0 Å². The van der Waals surface area contributed by atoms with Crippen molar-refractivity contribution in [1.29, 1.82) is 0 Å². The number of rotatable bonds is 7. The first kappa shape index (κ1) is 28.2. The SMILES string of the molecule is COc1ccc(-n2nc(C(C)(C)C)c3c2N(CC(=O)NC[C@H]2CCCO2)C(=O)CS[C@@H]3c2cccc(F)c2)cc1. The van der Waals surface area contributed by atoms with Crippen LogP contribution in [0, 0.1) is 5.82 Å². The zero-order valence-corrected chi connectivity index (χ0v) is 24.1. The van der Waals surface area contributed by atoms with Crippen LogP contribution in [0.25, 0.3) is 5.69 Å². The number of methoxy groups -OCH3 is 1. The molecule has 3 heterocycles. The number of benzene rings is 2. The van der Waals surface area contributed by atoms with Crippen LogP contribution in [0.4, 0.5) is 10.2 Å². The number of aromatic nitrogens is 2. The van der Waals surface area contributed by atoms with Gasteiger partial charge in [-0.15, -0.1) is 11.8 Å². The normalized spacial score (nSPS) is 19.3. The van der Waals surface area contributed by atoms with Crippen LogP contribution in [0.5, 0.6) is 5.75 Å². The molecule has 1 fully saturated rings. The second kappa shape index (κ2) is 11.6. The number of halogens is 1. The Hall–Kier alpha value is -3.37. The van der Waals surface area contributed by atoms with E-state index in [1.54, 1.807) is 17.9 Å². The van der Waals surface area contributed by atoms with E-state index in [0.717, 1.165) is 35.3 Å². The molecule has 0 bridgehead atoms. The summed E-state index contributed by atoms with van der Waals surface area (Å²) in [5.41, 5.74) is 2.63. The predicted octanol–water partition coefficient (Wildman–Crippen LogP) is 4.78. The predicted molar refractivity (Wildman–Crippen MR) is 154 cm³/mol. The van der Waals surface area contributed by atoms with Gasteiger partial charge in [-0.3, -0.25) is 14.5 Å². The van der Waals surface area contributed by atoms with Gasteiger partial charge in [-0.25, -0.2) is 9.07 Å². The van der Waals surface area contributed by atoms with E-state index in [-0.39, 0.29) is 41.3 Å². The number of carbonyl (C=O) groups excluding carboxylic acids is 2. The summed E-state index contributed by atoms with van der Waals surface area (Å²) in [7, 11) is 1.60. The van der Waals surface area contributed by atoms with Gasteiger partial charge in [0.25, 0.3) is 0 Å². The lowest BCUT2D eigenvalue weighted by molar-refractivity contribution is -0.123. The van der Waals surface area contributed by atoms with Crippen molar-refractivity contribution in [2.24, 2.45) is 0 Å². The first-order valence-corrected chi connectivity index (χ1v) is 14.5. The quantitative estimate of drug-likeness (QED) is 0.443. The van der Waals surface area contributed by atoms with Gasteiger partial charge in [0, 0.05) is 24.1 Å². The molecule has 2 atom stereocenters. The fraction of sp³-hybridized carbons (Fsp3) is 0.433. The summed E-state index contributed by atoms with van der Waals surface area (Å²) in [5.74, 6) is 0.497. The van der Waals surface area contributed by atoms with E-state index in [0.29, 0.717) is 24.7 Å². The summed E-state index contributed by atoms with van der Waals surface area (Å²) >= 11 is 1.42. The van der Waals surface area contributed by atoms with Crippen molar-refractivity contribution < 1.29 is 23.5 Å². The van der Waals surface area contributed by atoms with Gasteiger partial charge in [-0.2, -0.15) is 5.10 Å². The summed E-state index contributed by atoms with van der Waals surface area (Å²) < 4.78 is 27.2. The molecule has 2 aliphatic heterocycles. The van der Waals surface area contributed by atoms with Crippen LogP contribution >= 0.6 is 11.8 Å². The molecule has 1 N–H and O–H groups in total. The van der Waals surface area contributed by atoms with Gasteiger partial charge in [0.2, 0.25) is 11.8 Å². The first-order valence-electron chi connectivity index (χ1n) is 13.5. The maximum Gasteiger partial charge on any atom is 0.240 e. The summed E-state index contributed by atoms with van der Waals surface area (Å²) in [6.45, 7) is 7.12. The standard InChI is InChI=1S/C30H35FN4O4S/c1-30(2,3)28-26-27(19-7-5-8-20(31)15-19)40-18-25(37)34(17-24(36)32-16-23-9-6-14-39-23)29(26)35(33-28)21-10-12-22(38-4)13-11-21/h5,7-8,10-13,15,23,27H,6,9,14,16-18H2,1-4H3,(H,32,36)/t23-,27-/m1/s1. The number of hydrogen-bond acceptors (Lipinski definition) is 6. The molecule has 0 unspecified atom stereocenters. The Morgan fingerprint density at radius 3 is 2.65 bits per heavy atom. The average molecular weight is 567 g/mol. The number of hydrogen-bond donors (Lipinski definition) is 1. The molecule has 0 aliphatic carbocycles. The van der Waals surface area contributed by atoms with Gasteiger partial charge in [-0.05, 0) is 54.8 Å². The Bertz CT molecular complexity index is 1380. The van der Waals surface area contributed by atoms with Crippen molar-refractivity contribution in [2.75, 3.05) is 37.5 Å². The van der Waals surface area contributed by atoms with Gasteiger partial charge < -0.3 is 14.8 Å². The molecule has 212 valence electrons. The van der Waals surface area contributed by atoms with Crippen molar-refractivity contribution in [3.05, 3.63) is 71.2 Å². The minimum Gasteiger partial charge on any atom is -0.497 e. The molecule has 10 heteroatoms. The molecular weight excluding hydrogens is 531 g/mol. The number of nitrogens with one attached hydrogen (secondary N) is 1. The van der Waals surface area contributed by atoms with Gasteiger partial charge in [0.05, 0.1) is 35.6 Å². The zero-order chi connectivity index (χ0) is 28.4. The molecule has 2 aromatic carbocycles. The topological polar surface area (TPSA) is 85.7 Å². The summed E-state index contributed by atoms with van der Waals surface area (Å²) in [4.78, 5) is 28.5. The zero-order valence-electron chi connectivity index (χ0n) is 23.3. The van der Waals surface area contributed by atoms with Crippen LogP contribution in [-0.2, 0) is 19.7 Å². The molecule has 0 radical (unpaired) electrons. The molecule has 0 spiro atoms. The molecule has 40 heavy (non-hydrogen) atoms. The molecule has 2 aliphatic rings. The van der Waals surface area contributed by atoms with Crippen molar-refractivity contribution in [3.8, 4) is 11.4 Å². The molecule has 3 aromatic rings. The van der Waals surface area contributed by atoms with Gasteiger partial charge in [0.1, 0.15) is 23.9 Å². The number of anilines is 1. The molecule has 5 rings (SSSR count). The van der Waals surface area contributed by atoms with Crippen molar-refractivity contribution >= 4 is 29.4 Å². The number of fused-ring (bicyclic) bond motifs is 1. The fourth-order valence-corrected chi connectivity index (χ4v) is 6.33. The number of nitrogens with zero attached hydrogens (tertiary/aromatic N) is 3. The highest BCUT2D eigenvalue weighted by Crippen LogP contribution is 2.48. The van der Waals surface area contributed by atoms with Crippen LogP contribution in [0.1, 0.15) is 55.7 Å². The van der Waals surface area contributed by atoms with E-state index < -0.39 is 5.41 Å². The smallest absolute Gasteiger partial charge is 0.240 e. The lowest BCUT2D eigenvalue weighted by atomic mass is 9.87. The van der Waals surface area contributed by atoms with Gasteiger partial charge in [-0.1, -0.05) is 32.9 Å². The van der Waals surface area contributed by atoms with Crippen molar-refractivity contribution in [1.82, 2.24) is 15.1 Å². The highest BCUT2D eigenvalue weighted by molar-refractivity contribution is 8.00. The molecular formula is C30H35FN4O4S. The number of amides is 2. The third kappa shape index (κ3) is 5.88. The van der Waals surface area contributed by atoms with Crippen molar-refractivity contribution in [3.63, 3.8) is 0 Å². The Morgan fingerprint density at radius 2 is 2.00 bits per heavy atom. The maximum absolute atomic E-state index is 14.4. The first-order chi connectivity index (χ1) is 19.2. The van der Waals surface area contributed by atoms with Crippen LogP contribution < -0.4 is 15.0 Å². The van der Waals surface area contributed by atoms with Crippen LogP contribution in [0.3, 0.4) is 0 Å². The van der Waals surface area contributed by atoms with E-state index >= 15 is 0 Å². The van der Waals surface area contributed by atoms with Crippen LogP contribution in [-0.4, -0.2) is 60.3 Å². The lowest BCUT2D eigenvalue weighted by Crippen LogP contribution is -2.44. The Balaban J connectivity index is 1.65. The molecule has 0 saturated carbocycles. The minimum absolute atomic E-state index is 0.00965. The Morgan fingerprint density at radius 1 is 1.23 bits per heavy atom. The van der Waals surface area contributed by atoms with Gasteiger partial charge in [0.15, 0.2) is 0 Å². The summed E-state index contributed by atoms with van der Waals surface area (Å²) in [6.07, 6.45) is 1.87. The Kier molecular flexibility index (Phi) is 8.19. The van der Waals surface area contributed by atoms with E-state index in [2.05, 4.69) is 26.1 Å². The fourth-order valence-electron chi connectivity index (χ4n) is 5.14. The molecule has 1 aromatic heterocycles.